The van der Waals surface area contributed by atoms with Crippen molar-refractivity contribution in [3.05, 3.63) is 0 Å². The molecule has 2 N–H and O–H groups in total. The van der Waals surface area contributed by atoms with E-state index in [1.165, 1.54) is 0 Å². The molecular formula is C12H26N2O2S. The van der Waals surface area contributed by atoms with Crippen LogP contribution in [0.3, 0.4) is 0 Å². The first-order valence-electron chi connectivity index (χ1n) is 6.59. The molecule has 0 aliphatic carbocycles. The van der Waals surface area contributed by atoms with Gasteiger partial charge in [0, 0.05) is 18.6 Å². The molecule has 1 heterocycles. The number of piperidine rings is 1. The van der Waals surface area contributed by atoms with Gasteiger partial charge in [0.1, 0.15) is 0 Å². The Morgan fingerprint density at radius 2 is 2.00 bits per heavy atom. The van der Waals surface area contributed by atoms with E-state index in [0.717, 1.165) is 25.7 Å². The number of nitrogens with zero attached hydrogens (tertiary/aromatic N) is 1. The summed E-state index contributed by atoms with van der Waals surface area (Å²) in [5, 5.41) is 0. The molecular weight excluding hydrogens is 236 g/mol. The highest BCUT2D eigenvalue weighted by Gasteiger charge is 2.35. The van der Waals surface area contributed by atoms with Crippen LogP contribution in [0, 0.1) is 5.92 Å². The van der Waals surface area contributed by atoms with Crippen LogP contribution in [0.4, 0.5) is 0 Å². The van der Waals surface area contributed by atoms with Crippen LogP contribution in [0.25, 0.3) is 0 Å². The average Bonchev–Trinajstić information content (AvgIpc) is 2.25. The molecule has 1 saturated heterocycles. The van der Waals surface area contributed by atoms with Gasteiger partial charge in [0.05, 0.1) is 5.75 Å². The molecule has 0 aromatic heterocycles. The number of nitrogens with two attached hydrogens (primary N) is 1. The SMILES string of the molecule is CC(C)CCS(=O)(=O)N1C(C)CCCC1CN. The third-order valence-electron chi connectivity index (χ3n) is 3.50. The van der Waals surface area contributed by atoms with E-state index in [9.17, 15) is 8.42 Å². The Balaban J connectivity index is 2.78. The third kappa shape index (κ3) is 3.93. The van der Waals surface area contributed by atoms with Crippen LogP contribution in [-0.4, -0.2) is 37.1 Å². The minimum atomic E-state index is -3.14. The van der Waals surface area contributed by atoms with Gasteiger partial charge in [-0.25, -0.2) is 8.42 Å². The minimum Gasteiger partial charge on any atom is -0.329 e. The van der Waals surface area contributed by atoms with Crippen molar-refractivity contribution in [2.75, 3.05) is 12.3 Å². The fourth-order valence-electron chi connectivity index (χ4n) is 2.48. The maximum absolute atomic E-state index is 12.3. The van der Waals surface area contributed by atoms with E-state index in [1.54, 1.807) is 4.31 Å². The molecule has 0 saturated carbocycles. The summed E-state index contributed by atoms with van der Waals surface area (Å²) in [5.41, 5.74) is 5.70. The van der Waals surface area contributed by atoms with Gasteiger partial charge in [-0.1, -0.05) is 20.3 Å². The van der Waals surface area contributed by atoms with Gasteiger partial charge >= 0.3 is 0 Å². The zero-order valence-electron chi connectivity index (χ0n) is 11.2. The molecule has 1 fully saturated rings. The molecule has 1 aliphatic heterocycles. The molecule has 2 atom stereocenters. The van der Waals surface area contributed by atoms with E-state index < -0.39 is 10.0 Å². The molecule has 4 nitrogen and oxygen atoms in total. The molecule has 0 bridgehead atoms. The van der Waals surface area contributed by atoms with Crippen LogP contribution >= 0.6 is 0 Å². The van der Waals surface area contributed by atoms with Crippen LogP contribution < -0.4 is 5.73 Å². The Labute approximate surface area is 106 Å². The predicted octanol–water partition coefficient (Wildman–Crippen LogP) is 1.56. The minimum absolute atomic E-state index is 0.0101. The second kappa shape index (κ2) is 6.16. The highest BCUT2D eigenvalue weighted by Crippen LogP contribution is 2.26. The smallest absolute Gasteiger partial charge is 0.214 e. The summed E-state index contributed by atoms with van der Waals surface area (Å²) in [4.78, 5) is 0. The second-order valence-electron chi connectivity index (χ2n) is 5.50. The monoisotopic (exact) mass is 262 g/mol. The first kappa shape index (κ1) is 14.9. The van der Waals surface area contributed by atoms with E-state index in [2.05, 4.69) is 13.8 Å². The summed E-state index contributed by atoms with van der Waals surface area (Å²) >= 11 is 0. The molecule has 1 rings (SSSR count). The Kier molecular flexibility index (Phi) is 5.41. The van der Waals surface area contributed by atoms with E-state index in [4.69, 9.17) is 5.73 Å². The van der Waals surface area contributed by atoms with Crippen molar-refractivity contribution in [2.24, 2.45) is 11.7 Å². The summed E-state index contributed by atoms with van der Waals surface area (Å²) in [6.45, 7) is 6.53. The molecule has 0 spiro atoms. The van der Waals surface area contributed by atoms with Gasteiger partial charge in [-0.3, -0.25) is 0 Å². The molecule has 102 valence electrons. The van der Waals surface area contributed by atoms with Gasteiger partial charge in [0.15, 0.2) is 0 Å². The Morgan fingerprint density at radius 1 is 1.35 bits per heavy atom. The van der Waals surface area contributed by atoms with Crippen LogP contribution in [0.15, 0.2) is 0 Å². The maximum atomic E-state index is 12.3. The van der Waals surface area contributed by atoms with Crippen molar-refractivity contribution in [1.82, 2.24) is 4.31 Å². The van der Waals surface area contributed by atoms with Crippen molar-refractivity contribution in [2.45, 2.75) is 58.5 Å². The zero-order valence-corrected chi connectivity index (χ0v) is 12.0. The largest absolute Gasteiger partial charge is 0.329 e. The summed E-state index contributed by atoms with van der Waals surface area (Å²) in [5.74, 6) is 0.673. The maximum Gasteiger partial charge on any atom is 0.214 e. The quantitative estimate of drug-likeness (QED) is 0.818. The van der Waals surface area contributed by atoms with E-state index >= 15 is 0 Å². The summed E-state index contributed by atoms with van der Waals surface area (Å²) in [7, 11) is -3.14. The van der Waals surface area contributed by atoms with Crippen LogP contribution in [0.5, 0.6) is 0 Å². The summed E-state index contributed by atoms with van der Waals surface area (Å²) in [6.07, 6.45) is 3.67. The van der Waals surface area contributed by atoms with Gasteiger partial charge in [-0.2, -0.15) is 4.31 Å². The standard InChI is InChI=1S/C12H26N2O2S/c1-10(2)7-8-17(15,16)14-11(3)5-4-6-12(14)9-13/h10-12H,4-9,13H2,1-3H3. The van der Waals surface area contributed by atoms with Crippen LogP contribution in [-0.2, 0) is 10.0 Å². The molecule has 5 heteroatoms. The van der Waals surface area contributed by atoms with Gasteiger partial charge in [0.2, 0.25) is 10.0 Å². The van der Waals surface area contributed by atoms with E-state index in [0.29, 0.717) is 12.5 Å². The number of rotatable bonds is 5. The highest BCUT2D eigenvalue weighted by atomic mass is 32.2. The number of hydrogen-bond acceptors (Lipinski definition) is 3. The lowest BCUT2D eigenvalue weighted by Gasteiger charge is -2.39. The summed E-state index contributed by atoms with van der Waals surface area (Å²) in [6, 6.07) is 0.116. The lowest BCUT2D eigenvalue weighted by Crippen LogP contribution is -2.52. The lowest BCUT2D eigenvalue weighted by molar-refractivity contribution is 0.195. The molecule has 0 aromatic carbocycles. The van der Waals surface area contributed by atoms with Crippen LogP contribution in [0.1, 0.15) is 46.5 Å². The lowest BCUT2D eigenvalue weighted by atomic mass is 10.00. The van der Waals surface area contributed by atoms with E-state index in [1.807, 2.05) is 6.92 Å². The molecule has 0 aromatic rings. The fraction of sp³-hybridized carbons (Fsp3) is 1.00. The van der Waals surface area contributed by atoms with Crippen molar-refractivity contribution in [3.8, 4) is 0 Å². The van der Waals surface area contributed by atoms with E-state index in [-0.39, 0.29) is 17.8 Å². The first-order chi connectivity index (χ1) is 7.88. The molecule has 0 amide bonds. The third-order valence-corrected chi connectivity index (χ3v) is 5.55. The van der Waals surface area contributed by atoms with Crippen molar-refractivity contribution in [3.63, 3.8) is 0 Å². The predicted molar refractivity (Wildman–Crippen MR) is 71.2 cm³/mol. The molecule has 0 radical (unpaired) electrons. The average molecular weight is 262 g/mol. The number of sulfonamides is 1. The fourth-order valence-corrected chi connectivity index (χ4v) is 4.76. The number of hydrogen-bond donors (Lipinski definition) is 1. The van der Waals surface area contributed by atoms with Gasteiger partial charge < -0.3 is 5.73 Å². The van der Waals surface area contributed by atoms with Gasteiger partial charge in [0.25, 0.3) is 0 Å². The first-order valence-corrected chi connectivity index (χ1v) is 8.20. The van der Waals surface area contributed by atoms with Crippen molar-refractivity contribution >= 4 is 10.0 Å². The molecule has 2 unspecified atom stereocenters. The normalized spacial score (nSPS) is 27.6. The Hall–Kier alpha value is -0.130. The van der Waals surface area contributed by atoms with Gasteiger partial charge in [-0.15, -0.1) is 0 Å². The second-order valence-corrected chi connectivity index (χ2v) is 7.49. The van der Waals surface area contributed by atoms with Crippen molar-refractivity contribution < 1.29 is 8.42 Å². The summed E-state index contributed by atoms with van der Waals surface area (Å²) < 4.78 is 26.4. The zero-order chi connectivity index (χ0) is 13.1. The molecule has 17 heavy (non-hydrogen) atoms. The van der Waals surface area contributed by atoms with Gasteiger partial charge in [-0.05, 0) is 32.1 Å². The Morgan fingerprint density at radius 3 is 2.53 bits per heavy atom. The molecule has 1 aliphatic rings. The topological polar surface area (TPSA) is 63.4 Å². The van der Waals surface area contributed by atoms with Crippen molar-refractivity contribution in [1.29, 1.82) is 0 Å². The van der Waals surface area contributed by atoms with Crippen LogP contribution in [0.2, 0.25) is 0 Å². The highest BCUT2D eigenvalue weighted by molar-refractivity contribution is 7.89. The Bertz CT molecular complexity index is 327.